The van der Waals surface area contributed by atoms with E-state index in [0.29, 0.717) is 11.3 Å². The highest BCUT2D eigenvalue weighted by molar-refractivity contribution is 5.77. The van der Waals surface area contributed by atoms with Crippen molar-refractivity contribution in [1.82, 2.24) is 0 Å². The van der Waals surface area contributed by atoms with Crippen LogP contribution in [-0.4, -0.2) is 6.29 Å². The van der Waals surface area contributed by atoms with Gasteiger partial charge in [0.05, 0.1) is 0 Å². The zero-order valence-corrected chi connectivity index (χ0v) is 9.19. The molecule has 0 saturated carbocycles. The lowest BCUT2D eigenvalue weighted by molar-refractivity contribution is -0.286. The molecule has 0 fully saturated rings. The molecule has 0 aliphatic carbocycles. The monoisotopic (exact) mass is 249 g/mol. The van der Waals surface area contributed by atoms with Crippen LogP contribution in [-0.2, 0) is 0 Å². The van der Waals surface area contributed by atoms with Gasteiger partial charge in [0, 0.05) is 11.3 Å². The van der Waals surface area contributed by atoms with Gasteiger partial charge in [-0.25, -0.2) is 0 Å². The van der Waals surface area contributed by atoms with E-state index in [9.17, 15) is 8.78 Å². The number of halogens is 2. The average Bonchev–Trinajstić information content (AvgIpc) is 2.62. The fourth-order valence-corrected chi connectivity index (χ4v) is 1.88. The van der Waals surface area contributed by atoms with Crippen molar-refractivity contribution in [3.63, 3.8) is 0 Å². The van der Waals surface area contributed by atoms with Crippen molar-refractivity contribution in [2.75, 3.05) is 5.73 Å². The molecule has 1 aliphatic heterocycles. The number of hydrogen-bond donors (Lipinski definition) is 1. The molecular formula is C13H9F2NO2. The van der Waals surface area contributed by atoms with Crippen molar-refractivity contribution in [1.29, 1.82) is 0 Å². The van der Waals surface area contributed by atoms with Crippen LogP contribution >= 0.6 is 0 Å². The van der Waals surface area contributed by atoms with E-state index in [1.165, 1.54) is 12.1 Å². The number of fused-ring (bicyclic) bond motifs is 1. The largest absolute Gasteiger partial charge is 0.586 e. The van der Waals surface area contributed by atoms with Gasteiger partial charge in [-0.2, -0.15) is 0 Å². The molecule has 0 radical (unpaired) electrons. The molecule has 0 aromatic heterocycles. The maximum absolute atomic E-state index is 12.9. The number of benzene rings is 2. The van der Waals surface area contributed by atoms with Crippen LogP contribution in [0.15, 0.2) is 42.5 Å². The quantitative estimate of drug-likeness (QED) is 0.789. The second kappa shape index (κ2) is 3.60. The smallest absolute Gasteiger partial charge is 0.398 e. The number of ether oxygens (including phenoxy) is 2. The Morgan fingerprint density at radius 2 is 1.67 bits per heavy atom. The number of rotatable bonds is 1. The molecule has 0 unspecified atom stereocenters. The van der Waals surface area contributed by atoms with E-state index in [-0.39, 0.29) is 11.5 Å². The Balaban J connectivity index is 2.05. The Bertz CT molecular complexity index is 614. The van der Waals surface area contributed by atoms with Gasteiger partial charge in [0.2, 0.25) is 0 Å². The molecular weight excluding hydrogens is 240 g/mol. The number of para-hydroxylation sites is 1. The van der Waals surface area contributed by atoms with Crippen molar-refractivity contribution in [3.8, 4) is 22.6 Å². The van der Waals surface area contributed by atoms with E-state index in [4.69, 9.17) is 5.73 Å². The van der Waals surface area contributed by atoms with Gasteiger partial charge in [0.15, 0.2) is 11.5 Å². The predicted molar refractivity (Wildman–Crippen MR) is 62.5 cm³/mol. The van der Waals surface area contributed by atoms with Gasteiger partial charge in [-0.15, -0.1) is 8.78 Å². The van der Waals surface area contributed by atoms with Crippen LogP contribution in [0.3, 0.4) is 0 Å². The molecule has 0 saturated heterocycles. The SMILES string of the molecule is Nc1ccccc1-c1ccc2c(c1)OC(F)(F)O2. The summed E-state index contributed by atoms with van der Waals surface area (Å²) in [5.41, 5.74) is 7.87. The topological polar surface area (TPSA) is 44.5 Å². The Labute approximate surface area is 102 Å². The van der Waals surface area contributed by atoms with E-state index in [0.717, 1.165) is 5.56 Å². The van der Waals surface area contributed by atoms with Gasteiger partial charge in [-0.05, 0) is 23.8 Å². The third-order valence-electron chi connectivity index (χ3n) is 2.67. The second-order valence-electron chi connectivity index (χ2n) is 3.92. The first kappa shape index (κ1) is 10.8. The molecule has 2 N–H and O–H groups in total. The molecule has 5 heteroatoms. The van der Waals surface area contributed by atoms with Crippen molar-refractivity contribution in [2.24, 2.45) is 0 Å². The highest BCUT2D eigenvalue weighted by atomic mass is 19.3. The molecule has 0 spiro atoms. The van der Waals surface area contributed by atoms with E-state index in [1.54, 1.807) is 18.2 Å². The summed E-state index contributed by atoms with van der Waals surface area (Å²) >= 11 is 0. The minimum absolute atomic E-state index is 0.0146. The minimum atomic E-state index is -3.59. The molecule has 3 nitrogen and oxygen atoms in total. The standard InChI is InChI=1S/C13H9F2NO2/c14-13(15)17-11-6-5-8(7-12(11)18-13)9-3-1-2-4-10(9)16/h1-7H,16H2. The van der Waals surface area contributed by atoms with Crippen LogP contribution in [0.1, 0.15) is 0 Å². The summed E-state index contributed by atoms with van der Waals surface area (Å²) < 4.78 is 34.5. The van der Waals surface area contributed by atoms with Gasteiger partial charge in [-0.1, -0.05) is 24.3 Å². The molecule has 92 valence electrons. The van der Waals surface area contributed by atoms with E-state index in [2.05, 4.69) is 9.47 Å². The van der Waals surface area contributed by atoms with E-state index < -0.39 is 6.29 Å². The van der Waals surface area contributed by atoms with Crippen LogP contribution in [0.2, 0.25) is 0 Å². The van der Waals surface area contributed by atoms with Crippen LogP contribution < -0.4 is 15.2 Å². The number of nitrogens with two attached hydrogens (primary N) is 1. The van der Waals surface area contributed by atoms with E-state index in [1.807, 2.05) is 12.1 Å². The van der Waals surface area contributed by atoms with Gasteiger partial charge < -0.3 is 15.2 Å². The molecule has 2 aromatic rings. The Morgan fingerprint density at radius 3 is 2.44 bits per heavy atom. The second-order valence-corrected chi connectivity index (χ2v) is 3.92. The van der Waals surface area contributed by atoms with Crippen LogP contribution in [0.5, 0.6) is 11.5 Å². The third-order valence-corrected chi connectivity index (χ3v) is 2.67. The molecule has 2 aromatic carbocycles. The van der Waals surface area contributed by atoms with Crippen molar-refractivity contribution in [3.05, 3.63) is 42.5 Å². The first-order valence-electron chi connectivity index (χ1n) is 5.30. The molecule has 18 heavy (non-hydrogen) atoms. The van der Waals surface area contributed by atoms with Crippen LogP contribution in [0.25, 0.3) is 11.1 Å². The lowest BCUT2D eigenvalue weighted by Crippen LogP contribution is -2.25. The minimum Gasteiger partial charge on any atom is -0.398 e. The normalized spacial score (nSPS) is 15.7. The zero-order valence-electron chi connectivity index (χ0n) is 9.19. The number of hydrogen-bond acceptors (Lipinski definition) is 3. The number of anilines is 1. The fourth-order valence-electron chi connectivity index (χ4n) is 1.88. The summed E-state index contributed by atoms with van der Waals surface area (Å²) in [5, 5.41) is 0. The van der Waals surface area contributed by atoms with Gasteiger partial charge in [0.25, 0.3) is 0 Å². The van der Waals surface area contributed by atoms with Gasteiger partial charge >= 0.3 is 6.29 Å². The highest BCUT2D eigenvalue weighted by Gasteiger charge is 2.43. The first-order valence-corrected chi connectivity index (χ1v) is 5.30. The van der Waals surface area contributed by atoms with Crippen molar-refractivity contribution in [2.45, 2.75) is 6.29 Å². The van der Waals surface area contributed by atoms with Crippen LogP contribution in [0.4, 0.5) is 14.5 Å². The molecule has 0 atom stereocenters. The summed E-state index contributed by atoms with van der Waals surface area (Å²) in [6.45, 7) is 0. The maximum Gasteiger partial charge on any atom is 0.586 e. The third kappa shape index (κ3) is 1.73. The predicted octanol–water partition coefficient (Wildman–Crippen LogP) is 3.26. The number of alkyl halides is 2. The summed E-state index contributed by atoms with van der Waals surface area (Å²) in [7, 11) is 0. The average molecular weight is 249 g/mol. The fraction of sp³-hybridized carbons (Fsp3) is 0.0769. The molecule has 0 amide bonds. The van der Waals surface area contributed by atoms with Crippen LogP contribution in [0, 0.1) is 0 Å². The van der Waals surface area contributed by atoms with Crippen molar-refractivity contribution < 1.29 is 18.3 Å². The Morgan fingerprint density at radius 1 is 0.944 bits per heavy atom. The molecule has 1 aliphatic rings. The van der Waals surface area contributed by atoms with Crippen molar-refractivity contribution >= 4 is 5.69 Å². The van der Waals surface area contributed by atoms with Gasteiger partial charge in [0.1, 0.15) is 0 Å². The van der Waals surface area contributed by atoms with Gasteiger partial charge in [-0.3, -0.25) is 0 Å². The highest BCUT2D eigenvalue weighted by Crippen LogP contribution is 2.43. The summed E-state index contributed by atoms with van der Waals surface area (Å²) in [6, 6.07) is 11.8. The molecule has 1 heterocycles. The van der Waals surface area contributed by atoms with E-state index >= 15 is 0 Å². The Kier molecular flexibility index (Phi) is 2.16. The summed E-state index contributed by atoms with van der Waals surface area (Å²) in [5.74, 6) is 0.0407. The lowest BCUT2D eigenvalue weighted by atomic mass is 10.0. The first-order chi connectivity index (χ1) is 8.55. The zero-order chi connectivity index (χ0) is 12.8. The number of nitrogen functional groups attached to an aromatic ring is 1. The summed E-state index contributed by atoms with van der Waals surface area (Å²) in [6.07, 6.45) is -3.59. The molecule has 0 bridgehead atoms. The maximum atomic E-state index is 12.9. The molecule has 3 rings (SSSR count). The lowest BCUT2D eigenvalue weighted by Gasteiger charge is -2.06. The Hall–Kier alpha value is -2.30. The summed E-state index contributed by atoms with van der Waals surface area (Å²) in [4.78, 5) is 0.